The second-order valence-electron chi connectivity index (χ2n) is 7.01. The van der Waals surface area contributed by atoms with E-state index in [0.717, 1.165) is 0 Å². The number of halogens is 1. The van der Waals surface area contributed by atoms with Crippen molar-refractivity contribution in [3.63, 3.8) is 0 Å². The van der Waals surface area contributed by atoms with Gasteiger partial charge in [-0.1, -0.05) is 11.6 Å². The smallest absolute Gasteiger partial charge is 0.338 e. The van der Waals surface area contributed by atoms with E-state index in [1.165, 1.54) is 9.47 Å². The minimum Gasteiger partial charge on any atom is -0.462 e. The third-order valence-electron chi connectivity index (χ3n) is 5.00. The van der Waals surface area contributed by atoms with Gasteiger partial charge in [-0.2, -0.15) is 0 Å². The number of ether oxygens (including phenoxy) is 1. The van der Waals surface area contributed by atoms with Gasteiger partial charge in [0.25, 0.3) is 5.56 Å². The summed E-state index contributed by atoms with van der Waals surface area (Å²) in [7, 11) is 3.23. The molecule has 1 atom stereocenters. The number of fused-ring (bicyclic) bond motifs is 1. The Morgan fingerprint density at radius 1 is 1.23 bits per heavy atom. The van der Waals surface area contributed by atoms with Gasteiger partial charge in [0.05, 0.1) is 29.1 Å². The summed E-state index contributed by atoms with van der Waals surface area (Å²) in [5, 5.41) is 3.70. The molecule has 0 fully saturated rings. The van der Waals surface area contributed by atoms with Crippen LogP contribution in [-0.4, -0.2) is 40.1 Å². The second-order valence-corrected chi connectivity index (χ2v) is 7.45. The normalized spacial score (nSPS) is 11.8. The van der Waals surface area contributed by atoms with Crippen LogP contribution in [0.4, 0.5) is 10.5 Å². The first kappa shape index (κ1) is 22.3. The van der Waals surface area contributed by atoms with E-state index in [2.05, 4.69) is 10.3 Å². The molecule has 162 valence electrons. The van der Waals surface area contributed by atoms with Crippen LogP contribution in [-0.2, 0) is 11.8 Å². The molecule has 0 aliphatic carbocycles. The van der Waals surface area contributed by atoms with Crippen LogP contribution < -0.4 is 10.9 Å². The van der Waals surface area contributed by atoms with E-state index >= 15 is 0 Å². The van der Waals surface area contributed by atoms with Gasteiger partial charge in [0.2, 0.25) is 0 Å². The number of esters is 1. The minimum atomic E-state index is -0.500. The molecule has 0 radical (unpaired) electrons. The number of carbonyl (C=O) groups is 2. The summed E-state index contributed by atoms with van der Waals surface area (Å²) in [5.74, 6) is 0.00425. The quantitative estimate of drug-likeness (QED) is 0.603. The van der Waals surface area contributed by atoms with E-state index in [0.29, 0.717) is 33.0 Å². The van der Waals surface area contributed by atoms with E-state index in [1.54, 1.807) is 70.4 Å². The van der Waals surface area contributed by atoms with Gasteiger partial charge in [-0.05, 0) is 56.3 Å². The molecule has 8 nitrogen and oxygen atoms in total. The molecule has 1 heterocycles. The summed E-state index contributed by atoms with van der Waals surface area (Å²) < 4.78 is 6.38. The van der Waals surface area contributed by atoms with E-state index in [1.807, 2.05) is 0 Å². The average molecular weight is 443 g/mol. The van der Waals surface area contributed by atoms with Gasteiger partial charge in [-0.25, -0.2) is 14.6 Å². The zero-order valence-electron chi connectivity index (χ0n) is 17.7. The molecule has 2 amide bonds. The third kappa shape index (κ3) is 4.69. The highest BCUT2D eigenvalue weighted by atomic mass is 35.5. The molecule has 0 saturated carbocycles. The van der Waals surface area contributed by atoms with Crippen molar-refractivity contribution in [2.24, 2.45) is 7.05 Å². The molecule has 3 aromatic rings. The fraction of sp³-hybridized carbons (Fsp3) is 0.273. The Bertz CT molecular complexity index is 1190. The molecule has 1 unspecified atom stereocenters. The molecular weight excluding hydrogens is 420 g/mol. The zero-order chi connectivity index (χ0) is 22.7. The molecular formula is C22H23ClN4O4. The molecule has 1 aromatic heterocycles. The van der Waals surface area contributed by atoms with Crippen molar-refractivity contribution in [3.8, 4) is 0 Å². The molecule has 0 spiro atoms. The number of aromatic nitrogens is 2. The van der Waals surface area contributed by atoms with Crippen LogP contribution >= 0.6 is 11.6 Å². The number of anilines is 1. The number of carbonyl (C=O) groups excluding carboxylic acids is 2. The summed E-state index contributed by atoms with van der Waals surface area (Å²) >= 11 is 6.04. The van der Waals surface area contributed by atoms with E-state index in [4.69, 9.17) is 16.3 Å². The van der Waals surface area contributed by atoms with Gasteiger partial charge >= 0.3 is 12.0 Å². The summed E-state index contributed by atoms with van der Waals surface area (Å²) in [5.41, 5.74) is 1.17. The highest BCUT2D eigenvalue weighted by molar-refractivity contribution is 6.31. The standard InChI is InChI=1S/C22H23ClN4O4/c1-5-31-21(29)14-6-9-16(10-7-14)24-22(30)26(3)13(2)19-25-18-12-15(23)8-11-17(18)20(28)27(19)4/h6-13H,5H2,1-4H3,(H,24,30). The SMILES string of the molecule is CCOC(=O)c1ccc(NC(=O)N(C)C(C)c2nc3cc(Cl)ccc3c(=O)n2C)cc1. The number of urea groups is 1. The fourth-order valence-corrected chi connectivity index (χ4v) is 3.27. The largest absolute Gasteiger partial charge is 0.462 e. The first-order chi connectivity index (χ1) is 14.7. The van der Waals surface area contributed by atoms with Crippen molar-refractivity contribution < 1.29 is 14.3 Å². The summed E-state index contributed by atoms with van der Waals surface area (Å²) in [6.45, 7) is 3.80. The van der Waals surface area contributed by atoms with E-state index in [9.17, 15) is 14.4 Å². The van der Waals surface area contributed by atoms with Crippen molar-refractivity contribution >= 4 is 40.2 Å². The van der Waals surface area contributed by atoms with Crippen molar-refractivity contribution in [3.05, 3.63) is 69.2 Å². The van der Waals surface area contributed by atoms with E-state index in [-0.39, 0.29) is 12.2 Å². The Hall–Kier alpha value is -3.39. The summed E-state index contributed by atoms with van der Waals surface area (Å²) in [6.07, 6.45) is 0. The number of rotatable bonds is 5. The van der Waals surface area contributed by atoms with Gasteiger partial charge in [0.1, 0.15) is 5.82 Å². The molecule has 3 rings (SSSR count). The predicted octanol–water partition coefficient (Wildman–Crippen LogP) is 3.99. The Labute approximate surface area is 184 Å². The summed E-state index contributed by atoms with van der Waals surface area (Å²) in [6, 6.07) is 10.4. The molecule has 0 aliphatic rings. The molecule has 0 saturated heterocycles. The zero-order valence-corrected chi connectivity index (χ0v) is 18.4. The molecule has 2 aromatic carbocycles. The van der Waals surface area contributed by atoms with Gasteiger partial charge in [0, 0.05) is 24.8 Å². The van der Waals surface area contributed by atoms with Crippen LogP contribution in [0, 0.1) is 0 Å². The van der Waals surface area contributed by atoms with Crippen LogP contribution in [0.5, 0.6) is 0 Å². The second kappa shape index (κ2) is 9.18. The highest BCUT2D eigenvalue weighted by Crippen LogP contribution is 2.21. The van der Waals surface area contributed by atoms with Gasteiger partial charge < -0.3 is 15.0 Å². The van der Waals surface area contributed by atoms with Crippen molar-refractivity contribution in [2.45, 2.75) is 19.9 Å². The number of nitrogens with one attached hydrogen (secondary N) is 1. The molecule has 0 bridgehead atoms. The lowest BCUT2D eigenvalue weighted by molar-refractivity contribution is 0.0526. The minimum absolute atomic E-state index is 0.216. The van der Waals surface area contributed by atoms with Crippen molar-refractivity contribution in [1.82, 2.24) is 14.5 Å². The maximum absolute atomic E-state index is 12.7. The lowest BCUT2D eigenvalue weighted by Gasteiger charge is -2.26. The Morgan fingerprint density at radius 3 is 2.55 bits per heavy atom. The lowest BCUT2D eigenvalue weighted by Crippen LogP contribution is -2.37. The number of nitrogens with zero attached hydrogens (tertiary/aromatic N) is 3. The summed E-state index contributed by atoms with van der Waals surface area (Å²) in [4.78, 5) is 43.2. The molecule has 9 heteroatoms. The topological polar surface area (TPSA) is 93.5 Å². The van der Waals surface area contributed by atoms with Crippen LogP contribution in [0.25, 0.3) is 10.9 Å². The highest BCUT2D eigenvalue weighted by Gasteiger charge is 2.22. The first-order valence-corrected chi connectivity index (χ1v) is 10.1. The van der Waals surface area contributed by atoms with Crippen LogP contribution in [0.1, 0.15) is 36.1 Å². The fourth-order valence-electron chi connectivity index (χ4n) is 3.10. The van der Waals surface area contributed by atoms with E-state index < -0.39 is 18.0 Å². The molecule has 1 N–H and O–H groups in total. The maximum atomic E-state index is 12.7. The number of amides is 2. The molecule has 31 heavy (non-hydrogen) atoms. The van der Waals surface area contributed by atoms with Crippen LogP contribution in [0.15, 0.2) is 47.3 Å². The monoisotopic (exact) mass is 442 g/mol. The Balaban J connectivity index is 1.80. The Kier molecular flexibility index (Phi) is 6.60. The maximum Gasteiger partial charge on any atom is 0.338 e. The average Bonchev–Trinajstić information content (AvgIpc) is 2.75. The number of hydrogen-bond donors (Lipinski definition) is 1. The Morgan fingerprint density at radius 2 is 1.90 bits per heavy atom. The number of hydrogen-bond acceptors (Lipinski definition) is 5. The lowest BCUT2D eigenvalue weighted by atomic mass is 10.2. The van der Waals surface area contributed by atoms with Crippen LogP contribution in [0.2, 0.25) is 5.02 Å². The first-order valence-electron chi connectivity index (χ1n) is 9.70. The van der Waals surface area contributed by atoms with Gasteiger partial charge in [-0.15, -0.1) is 0 Å². The van der Waals surface area contributed by atoms with Crippen molar-refractivity contribution in [2.75, 3.05) is 19.0 Å². The predicted molar refractivity (Wildman–Crippen MR) is 120 cm³/mol. The van der Waals surface area contributed by atoms with Gasteiger partial charge in [0.15, 0.2) is 0 Å². The third-order valence-corrected chi connectivity index (χ3v) is 5.23. The van der Waals surface area contributed by atoms with Crippen molar-refractivity contribution in [1.29, 1.82) is 0 Å². The number of benzene rings is 2. The van der Waals surface area contributed by atoms with Gasteiger partial charge in [-0.3, -0.25) is 9.36 Å². The molecule has 0 aliphatic heterocycles. The van der Waals surface area contributed by atoms with Crippen LogP contribution in [0.3, 0.4) is 0 Å².